The third kappa shape index (κ3) is 2.47. The molecule has 0 radical (unpaired) electrons. The highest BCUT2D eigenvalue weighted by Crippen LogP contribution is 2.21. The summed E-state index contributed by atoms with van der Waals surface area (Å²) in [6.07, 6.45) is 0. The molecule has 100 valence electrons. The number of nitrogens with zero attached hydrogens (tertiary/aromatic N) is 1. The van der Waals surface area contributed by atoms with Crippen molar-refractivity contribution in [1.82, 2.24) is 0 Å². The number of nitrogens with one attached hydrogen (secondary N) is 1. The van der Waals surface area contributed by atoms with Crippen LogP contribution >= 0.6 is 0 Å². The highest BCUT2D eigenvalue weighted by atomic mass is 16.1. The molecule has 0 saturated carbocycles. The molecule has 3 aromatic rings. The van der Waals surface area contributed by atoms with Gasteiger partial charge in [-0.15, -0.1) is 0 Å². The lowest BCUT2D eigenvalue weighted by Crippen LogP contribution is -2.13. The summed E-state index contributed by atoms with van der Waals surface area (Å²) in [4.78, 5) is 12.5. The molecule has 1 N–H and O–H groups in total. The van der Waals surface area contributed by atoms with Crippen LogP contribution in [0.25, 0.3) is 10.8 Å². The van der Waals surface area contributed by atoms with Gasteiger partial charge < -0.3 is 5.32 Å². The van der Waals surface area contributed by atoms with E-state index in [1.165, 1.54) is 0 Å². The zero-order valence-electron chi connectivity index (χ0n) is 11.2. The van der Waals surface area contributed by atoms with Crippen molar-refractivity contribution in [3.05, 3.63) is 77.9 Å². The van der Waals surface area contributed by atoms with Gasteiger partial charge in [-0.2, -0.15) is 5.26 Å². The maximum atomic E-state index is 12.5. The molecule has 0 bridgehead atoms. The molecule has 0 atom stereocenters. The van der Waals surface area contributed by atoms with Crippen LogP contribution in [-0.4, -0.2) is 5.91 Å². The summed E-state index contributed by atoms with van der Waals surface area (Å²) in [5, 5.41) is 13.8. The van der Waals surface area contributed by atoms with Crippen molar-refractivity contribution in [3.63, 3.8) is 0 Å². The van der Waals surface area contributed by atoms with E-state index in [4.69, 9.17) is 5.26 Å². The molecule has 0 aromatic heterocycles. The summed E-state index contributed by atoms with van der Waals surface area (Å²) < 4.78 is 0. The Balaban J connectivity index is 2.00. The highest BCUT2D eigenvalue weighted by Gasteiger charge is 2.11. The van der Waals surface area contributed by atoms with E-state index in [1.807, 2.05) is 36.4 Å². The van der Waals surface area contributed by atoms with E-state index in [0.29, 0.717) is 16.8 Å². The van der Waals surface area contributed by atoms with E-state index >= 15 is 0 Å². The van der Waals surface area contributed by atoms with Gasteiger partial charge in [-0.3, -0.25) is 4.79 Å². The van der Waals surface area contributed by atoms with Gasteiger partial charge in [0.25, 0.3) is 5.91 Å². The monoisotopic (exact) mass is 272 g/mol. The van der Waals surface area contributed by atoms with Gasteiger partial charge in [0.2, 0.25) is 0 Å². The van der Waals surface area contributed by atoms with Gasteiger partial charge in [-0.25, -0.2) is 0 Å². The lowest BCUT2D eigenvalue weighted by molar-refractivity contribution is 0.102. The average molecular weight is 272 g/mol. The summed E-state index contributed by atoms with van der Waals surface area (Å²) in [5.74, 6) is -0.213. The number of hydrogen-bond acceptors (Lipinski definition) is 2. The standard InChI is InChI=1S/C18H12N2O/c19-12-14-7-2-4-11-17(14)20-18(21)16-10-5-8-13-6-1-3-9-15(13)16/h1-11H,(H,20,21). The smallest absolute Gasteiger partial charge is 0.256 e. The Morgan fingerprint density at radius 2 is 1.62 bits per heavy atom. The number of nitriles is 1. The first-order valence-corrected chi connectivity index (χ1v) is 6.58. The molecule has 1 amide bonds. The van der Waals surface area contributed by atoms with Gasteiger partial charge in [0.05, 0.1) is 11.3 Å². The maximum Gasteiger partial charge on any atom is 0.256 e. The fraction of sp³-hybridized carbons (Fsp3) is 0. The molecule has 0 aliphatic heterocycles. The first-order chi connectivity index (χ1) is 10.3. The van der Waals surface area contributed by atoms with E-state index in [0.717, 1.165) is 10.8 Å². The zero-order valence-corrected chi connectivity index (χ0v) is 11.2. The molecule has 3 rings (SSSR count). The zero-order chi connectivity index (χ0) is 14.7. The van der Waals surface area contributed by atoms with Crippen LogP contribution in [0.3, 0.4) is 0 Å². The van der Waals surface area contributed by atoms with E-state index in [-0.39, 0.29) is 5.91 Å². The van der Waals surface area contributed by atoms with Gasteiger partial charge in [-0.1, -0.05) is 48.5 Å². The minimum Gasteiger partial charge on any atom is -0.321 e. The number of carbonyl (C=O) groups is 1. The molecular formula is C18H12N2O. The molecule has 0 aliphatic rings. The van der Waals surface area contributed by atoms with Crippen molar-refractivity contribution in [2.75, 3.05) is 5.32 Å². The van der Waals surface area contributed by atoms with Crippen molar-refractivity contribution in [2.45, 2.75) is 0 Å². The van der Waals surface area contributed by atoms with Crippen molar-refractivity contribution in [3.8, 4) is 6.07 Å². The van der Waals surface area contributed by atoms with Crippen LogP contribution in [0.1, 0.15) is 15.9 Å². The second-order valence-electron chi connectivity index (χ2n) is 4.64. The average Bonchev–Trinajstić information content (AvgIpc) is 2.54. The summed E-state index contributed by atoms with van der Waals surface area (Å²) in [6, 6.07) is 22.4. The molecule has 0 heterocycles. The number of carbonyl (C=O) groups excluding carboxylic acids is 1. The summed E-state index contributed by atoms with van der Waals surface area (Å²) in [5.41, 5.74) is 1.57. The number of anilines is 1. The third-order valence-electron chi connectivity index (χ3n) is 3.33. The molecule has 0 saturated heterocycles. The van der Waals surface area contributed by atoms with Gasteiger partial charge >= 0.3 is 0 Å². The molecule has 0 aliphatic carbocycles. The Morgan fingerprint density at radius 3 is 2.48 bits per heavy atom. The minimum absolute atomic E-state index is 0.213. The Kier molecular flexibility index (Phi) is 3.36. The first kappa shape index (κ1) is 12.9. The third-order valence-corrected chi connectivity index (χ3v) is 3.33. The molecule has 21 heavy (non-hydrogen) atoms. The van der Waals surface area contributed by atoms with Crippen molar-refractivity contribution in [2.24, 2.45) is 0 Å². The Morgan fingerprint density at radius 1 is 0.905 bits per heavy atom. The predicted octanol–water partition coefficient (Wildman–Crippen LogP) is 3.96. The van der Waals surface area contributed by atoms with Crippen molar-refractivity contribution < 1.29 is 4.79 Å². The Bertz CT molecular complexity index is 857. The van der Waals surface area contributed by atoms with Gasteiger partial charge in [-0.05, 0) is 29.0 Å². The molecule has 3 aromatic carbocycles. The van der Waals surface area contributed by atoms with Crippen LogP contribution in [0, 0.1) is 11.3 Å². The first-order valence-electron chi connectivity index (χ1n) is 6.58. The number of rotatable bonds is 2. The topological polar surface area (TPSA) is 52.9 Å². The van der Waals surface area contributed by atoms with Crippen LogP contribution < -0.4 is 5.32 Å². The minimum atomic E-state index is -0.213. The Labute approximate surface area is 122 Å². The SMILES string of the molecule is N#Cc1ccccc1NC(=O)c1cccc2ccccc12. The quantitative estimate of drug-likeness (QED) is 0.767. The van der Waals surface area contributed by atoms with Crippen LogP contribution in [0.4, 0.5) is 5.69 Å². The number of hydrogen-bond donors (Lipinski definition) is 1. The van der Waals surface area contributed by atoms with E-state index in [9.17, 15) is 4.79 Å². The molecule has 3 heteroatoms. The second kappa shape index (κ2) is 5.48. The lowest BCUT2D eigenvalue weighted by atomic mass is 10.0. The number of fused-ring (bicyclic) bond motifs is 1. The highest BCUT2D eigenvalue weighted by molar-refractivity contribution is 6.13. The lowest BCUT2D eigenvalue weighted by Gasteiger charge is -2.09. The summed E-state index contributed by atoms with van der Waals surface area (Å²) in [7, 11) is 0. The van der Waals surface area contributed by atoms with Gasteiger partial charge in [0.1, 0.15) is 6.07 Å². The van der Waals surface area contributed by atoms with E-state index in [2.05, 4.69) is 11.4 Å². The van der Waals surface area contributed by atoms with E-state index < -0.39 is 0 Å². The van der Waals surface area contributed by atoms with Crippen LogP contribution in [0.5, 0.6) is 0 Å². The fourth-order valence-corrected chi connectivity index (χ4v) is 2.30. The number of amides is 1. The normalized spacial score (nSPS) is 10.0. The van der Waals surface area contributed by atoms with Crippen LogP contribution in [-0.2, 0) is 0 Å². The molecule has 0 fully saturated rings. The van der Waals surface area contributed by atoms with Gasteiger partial charge in [0.15, 0.2) is 0 Å². The van der Waals surface area contributed by atoms with Crippen LogP contribution in [0.2, 0.25) is 0 Å². The van der Waals surface area contributed by atoms with Gasteiger partial charge in [0, 0.05) is 5.56 Å². The molecular weight excluding hydrogens is 260 g/mol. The summed E-state index contributed by atoms with van der Waals surface area (Å²) >= 11 is 0. The van der Waals surface area contributed by atoms with E-state index in [1.54, 1.807) is 30.3 Å². The largest absolute Gasteiger partial charge is 0.321 e. The summed E-state index contributed by atoms with van der Waals surface area (Å²) in [6.45, 7) is 0. The van der Waals surface area contributed by atoms with Crippen LogP contribution in [0.15, 0.2) is 66.7 Å². The Hall–Kier alpha value is -3.12. The fourth-order valence-electron chi connectivity index (χ4n) is 2.30. The molecule has 0 unspecified atom stereocenters. The van der Waals surface area contributed by atoms with Crippen molar-refractivity contribution >= 4 is 22.4 Å². The van der Waals surface area contributed by atoms with Crippen molar-refractivity contribution in [1.29, 1.82) is 5.26 Å². The maximum absolute atomic E-state index is 12.5. The molecule has 0 spiro atoms. The second-order valence-corrected chi connectivity index (χ2v) is 4.64. The number of benzene rings is 3. The predicted molar refractivity (Wildman–Crippen MR) is 83.1 cm³/mol. The molecule has 3 nitrogen and oxygen atoms in total. The number of para-hydroxylation sites is 1.